The van der Waals surface area contributed by atoms with Crippen LogP contribution in [0.15, 0.2) is 48.6 Å². The van der Waals surface area contributed by atoms with Gasteiger partial charge in [0.1, 0.15) is 5.60 Å². The van der Waals surface area contributed by atoms with Crippen molar-refractivity contribution < 1.29 is 23.4 Å². The number of hydrogen-bond donors (Lipinski definition) is 1. The Bertz CT molecular complexity index is 704. The summed E-state index contributed by atoms with van der Waals surface area (Å²) in [4.78, 5) is 11.2. The third kappa shape index (κ3) is 4.29. The Morgan fingerprint density at radius 1 is 1.19 bits per heavy atom. The molecule has 0 unspecified atom stereocenters. The molecule has 2 aliphatic carbocycles. The van der Waals surface area contributed by atoms with Gasteiger partial charge in [0.05, 0.1) is 5.92 Å². The van der Waals surface area contributed by atoms with Crippen LogP contribution in [0.2, 0.25) is 0 Å². The lowest BCUT2D eigenvalue weighted by atomic mass is 9.73. The van der Waals surface area contributed by atoms with Crippen molar-refractivity contribution in [2.24, 2.45) is 11.8 Å². The van der Waals surface area contributed by atoms with Crippen molar-refractivity contribution in [1.82, 2.24) is 0 Å². The standard InChI is InChI=1S/C22H26F2O3/c1-2-15-7-9-16(10-8-15)18-5-3-4-6-19(18)22(27-21(23)24)13-11-17(12-14-22)20(25)26/h3-6,11-17,21H,2,7-10H2,1H3,(H,25,26)/t15-,16-,17?,22?. The van der Waals surface area contributed by atoms with Crippen molar-refractivity contribution >= 4 is 5.97 Å². The minimum atomic E-state index is -2.97. The number of carbonyl (C=O) groups is 1. The van der Waals surface area contributed by atoms with E-state index < -0.39 is 24.1 Å². The summed E-state index contributed by atoms with van der Waals surface area (Å²) in [5, 5.41) is 9.18. The zero-order valence-electron chi connectivity index (χ0n) is 15.5. The topological polar surface area (TPSA) is 46.5 Å². The van der Waals surface area contributed by atoms with Gasteiger partial charge in [-0.25, -0.2) is 0 Å². The average molecular weight is 376 g/mol. The van der Waals surface area contributed by atoms with Crippen molar-refractivity contribution in [1.29, 1.82) is 0 Å². The highest BCUT2D eigenvalue weighted by molar-refractivity contribution is 5.75. The molecular weight excluding hydrogens is 350 g/mol. The first-order valence-electron chi connectivity index (χ1n) is 9.62. The third-order valence-electron chi connectivity index (χ3n) is 5.92. The molecule has 0 atom stereocenters. The van der Waals surface area contributed by atoms with Gasteiger partial charge in [-0.1, -0.05) is 49.8 Å². The lowest BCUT2D eigenvalue weighted by molar-refractivity contribution is -0.180. The van der Waals surface area contributed by atoms with Gasteiger partial charge in [0.2, 0.25) is 0 Å². The van der Waals surface area contributed by atoms with Crippen molar-refractivity contribution in [2.75, 3.05) is 0 Å². The van der Waals surface area contributed by atoms with Crippen LogP contribution in [0.25, 0.3) is 0 Å². The molecule has 5 heteroatoms. The first-order chi connectivity index (χ1) is 12.9. The molecule has 0 heterocycles. The molecule has 0 spiro atoms. The van der Waals surface area contributed by atoms with Gasteiger partial charge < -0.3 is 9.84 Å². The summed E-state index contributed by atoms with van der Waals surface area (Å²) in [6.07, 6.45) is 11.3. The van der Waals surface area contributed by atoms with Gasteiger partial charge in [-0.2, -0.15) is 8.78 Å². The number of carboxylic acid groups (broad SMARTS) is 1. The molecule has 1 saturated carbocycles. The molecule has 0 aliphatic heterocycles. The SMILES string of the molecule is CC[C@H]1CC[C@H](c2ccccc2C2(OC(F)F)C=CC(C(=O)O)C=C2)CC1. The predicted octanol–water partition coefficient (Wildman–Crippen LogP) is 5.63. The number of hydrogen-bond acceptors (Lipinski definition) is 2. The van der Waals surface area contributed by atoms with E-state index in [1.807, 2.05) is 24.3 Å². The second-order valence-corrected chi connectivity index (χ2v) is 7.47. The number of alkyl halides is 2. The number of carboxylic acids is 1. The van der Waals surface area contributed by atoms with E-state index in [0.29, 0.717) is 11.5 Å². The molecule has 1 N–H and O–H groups in total. The van der Waals surface area contributed by atoms with Crippen LogP contribution in [0.4, 0.5) is 8.78 Å². The smallest absolute Gasteiger partial charge is 0.346 e. The van der Waals surface area contributed by atoms with Crippen LogP contribution in [-0.2, 0) is 15.1 Å². The molecule has 0 aromatic heterocycles. The third-order valence-corrected chi connectivity index (χ3v) is 5.92. The van der Waals surface area contributed by atoms with E-state index in [1.165, 1.54) is 30.7 Å². The number of rotatable bonds is 6. The molecule has 0 radical (unpaired) electrons. The van der Waals surface area contributed by atoms with Crippen LogP contribution in [0, 0.1) is 11.8 Å². The molecule has 0 saturated heterocycles. The Balaban J connectivity index is 1.96. The lowest BCUT2D eigenvalue weighted by Gasteiger charge is -2.36. The Morgan fingerprint density at radius 2 is 1.81 bits per heavy atom. The van der Waals surface area contributed by atoms with Crippen LogP contribution in [0.3, 0.4) is 0 Å². The summed E-state index contributed by atoms with van der Waals surface area (Å²) < 4.78 is 31.6. The fraction of sp³-hybridized carbons (Fsp3) is 0.500. The minimum Gasteiger partial charge on any atom is -0.481 e. The second kappa shape index (κ2) is 8.34. The largest absolute Gasteiger partial charge is 0.481 e. The van der Waals surface area contributed by atoms with Crippen LogP contribution in [0.1, 0.15) is 56.1 Å². The fourth-order valence-corrected chi connectivity index (χ4v) is 4.34. The van der Waals surface area contributed by atoms with E-state index in [1.54, 1.807) is 0 Å². The molecule has 1 aromatic carbocycles. The minimum absolute atomic E-state index is 0.307. The zero-order chi connectivity index (χ0) is 19.4. The van der Waals surface area contributed by atoms with Gasteiger partial charge in [0.15, 0.2) is 0 Å². The van der Waals surface area contributed by atoms with Crippen LogP contribution in [0.5, 0.6) is 0 Å². The molecule has 1 fully saturated rings. The van der Waals surface area contributed by atoms with E-state index in [2.05, 4.69) is 6.92 Å². The Kier molecular flexibility index (Phi) is 6.10. The Hall–Kier alpha value is -2.01. The first-order valence-corrected chi connectivity index (χ1v) is 9.62. The van der Waals surface area contributed by atoms with Crippen molar-refractivity contribution in [3.8, 4) is 0 Å². The molecule has 0 amide bonds. The normalized spacial score (nSPS) is 30.6. The van der Waals surface area contributed by atoms with Gasteiger partial charge in [-0.15, -0.1) is 0 Å². The summed E-state index contributed by atoms with van der Waals surface area (Å²) in [6.45, 7) is -0.759. The molecule has 146 valence electrons. The van der Waals surface area contributed by atoms with Crippen LogP contribution in [-0.4, -0.2) is 17.7 Å². The first kappa shape index (κ1) is 19.7. The van der Waals surface area contributed by atoms with Crippen LogP contribution >= 0.6 is 0 Å². The van der Waals surface area contributed by atoms with Gasteiger partial charge in [-0.05, 0) is 60.8 Å². The maximum Gasteiger partial charge on any atom is 0.346 e. The Labute approximate surface area is 158 Å². The van der Waals surface area contributed by atoms with E-state index in [0.717, 1.165) is 37.2 Å². The van der Waals surface area contributed by atoms with Gasteiger partial charge >= 0.3 is 12.6 Å². The second-order valence-electron chi connectivity index (χ2n) is 7.47. The molecule has 3 nitrogen and oxygen atoms in total. The van der Waals surface area contributed by atoms with E-state index in [-0.39, 0.29) is 0 Å². The highest BCUT2D eigenvalue weighted by atomic mass is 19.3. The van der Waals surface area contributed by atoms with Crippen molar-refractivity contribution in [3.63, 3.8) is 0 Å². The molecule has 27 heavy (non-hydrogen) atoms. The summed E-state index contributed by atoms with van der Waals surface area (Å²) in [7, 11) is 0. The van der Waals surface area contributed by atoms with E-state index in [9.17, 15) is 18.7 Å². The maximum atomic E-state index is 13.3. The van der Waals surface area contributed by atoms with Crippen LogP contribution < -0.4 is 0 Å². The summed E-state index contributed by atoms with van der Waals surface area (Å²) in [5.74, 6) is -0.794. The van der Waals surface area contributed by atoms with E-state index >= 15 is 0 Å². The molecule has 0 bridgehead atoms. The quantitative estimate of drug-likeness (QED) is 0.654. The highest BCUT2D eigenvalue weighted by Gasteiger charge is 2.37. The fourth-order valence-electron chi connectivity index (χ4n) is 4.34. The number of halogens is 2. The molecule has 2 aliphatic rings. The summed E-state index contributed by atoms with van der Waals surface area (Å²) in [5.41, 5.74) is 0.274. The maximum absolute atomic E-state index is 13.3. The van der Waals surface area contributed by atoms with Crippen molar-refractivity contribution in [2.45, 2.75) is 57.2 Å². The monoisotopic (exact) mass is 376 g/mol. The van der Waals surface area contributed by atoms with E-state index in [4.69, 9.17) is 4.74 Å². The number of benzene rings is 1. The lowest BCUT2D eigenvalue weighted by Crippen LogP contribution is -2.32. The summed E-state index contributed by atoms with van der Waals surface area (Å²) in [6, 6.07) is 7.56. The van der Waals surface area contributed by atoms with Crippen molar-refractivity contribution in [3.05, 3.63) is 59.7 Å². The van der Waals surface area contributed by atoms with Gasteiger partial charge in [0, 0.05) is 0 Å². The molecular formula is C22H26F2O3. The Morgan fingerprint density at radius 3 is 2.37 bits per heavy atom. The summed E-state index contributed by atoms with van der Waals surface area (Å²) >= 11 is 0. The highest BCUT2D eigenvalue weighted by Crippen LogP contribution is 2.44. The number of aliphatic carboxylic acids is 1. The molecule has 3 rings (SSSR count). The number of ether oxygens (including phenoxy) is 1. The van der Waals surface area contributed by atoms with Gasteiger partial charge in [0.25, 0.3) is 0 Å². The average Bonchev–Trinajstić information content (AvgIpc) is 2.68. The zero-order valence-corrected chi connectivity index (χ0v) is 15.5. The van der Waals surface area contributed by atoms with Gasteiger partial charge in [-0.3, -0.25) is 4.79 Å². The predicted molar refractivity (Wildman–Crippen MR) is 99.6 cm³/mol. The molecule has 1 aromatic rings.